The van der Waals surface area contributed by atoms with E-state index in [4.69, 9.17) is 4.74 Å². The van der Waals surface area contributed by atoms with E-state index in [1.165, 1.54) is 6.42 Å². The Bertz CT molecular complexity index is 304. The fraction of sp³-hybridized carbons (Fsp3) is 0.667. The lowest BCUT2D eigenvalue weighted by atomic mass is 9.92. The van der Waals surface area contributed by atoms with E-state index in [0.717, 1.165) is 31.8 Å². The lowest BCUT2D eigenvalue weighted by Gasteiger charge is -2.31. The van der Waals surface area contributed by atoms with Crippen molar-refractivity contribution in [3.05, 3.63) is 24.3 Å². The van der Waals surface area contributed by atoms with Crippen LogP contribution in [0.15, 0.2) is 18.6 Å². The molecule has 16 heavy (non-hydrogen) atoms. The molecule has 88 valence electrons. The molecular formula is C12H19N3O. The molecule has 1 aliphatic rings. The Morgan fingerprint density at radius 1 is 1.56 bits per heavy atom. The number of hydrogen-bond donors (Lipinski definition) is 1. The maximum atomic E-state index is 5.84. The number of rotatable bonds is 4. The quantitative estimate of drug-likeness (QED) is 0.838. The van der Waals surface area contributed by atoms with Gasteiger partial charge in [0, 0.05) is 25.3 Å². The Hall–Kier alpha value is -1.00. The third-order valence-corrected chi connectivity index (χ3v) is 3.00. The summed E-state index contributed by atoms with van der Waals surface area (Å²) in [6.45, 7) is 4.98. The standard InChI is InChI=1S/C12H19N3O/c1-2-13-8-10-4-3-7-16-12(10)11-5-6-14-9-15-11/h5-6,9-10,12-13H,2-4,7-8H2,1H3. The maximum Gasteiger partial charge on any atom is 0.115 e. The zero-order valence-electron chi connectivity index (χ0n) is 9.72. The summed E-state index contributed by atoms with van der Waals surface area (Å²) in [5.41, 5.74) is 1.01. The van der Waals surface area contributed by atoms with Crippen LogP contribution >= 0.6 is 0 Å². The summed E-state index contributed by atoms with van der Waals surface area (Å²) in [7, 11) is 0. The summed E-state index contributed by atoms with van der Waals surface area (Å²) in [5, 5.41) is 3.39. The van der Waals surface area contributed by atoms with Gasteiger partial charge in [0.1, 0.15) is 12.4 Å². The van der Waals surface area contributed by atoms with Gasteiger partial charge in [-0.2, -0.15) is 0 Å². The van der Waals surface area contributed by atoms with Gasteiger partial charge in [0.15, 0.2) is 0 Å². The third kappa shape index (κ3) is 2.77. The van der Waals surface area contributed by atoms with Crippen molar-refractivity contribution in [3.63, 3.8) is 0 Å². The largest absolute Gasteiger partial charge is 0.372 e. The second-order valence-electron chi connectivity index (χ2n) is 4.14. The lowest BCUT2D eigenvalue weighted by molar-refractivity contribution is -0.0301. The molecule has 0 spiro atoms. The predicted octanol–water partition coefficient (Wildman–Crippen LogP) is 1.55. The molecule has 1 aromatic rings. The molecule has 0 amide bonds. The number of hydrogen-bond acceptors (Lipinski definition) is 4. The topological polar surface area (TPSA) is 47.0 Å². The maximum absolute atomic E-state index is 5.84. The van der Waals surface area contributed by atoms with Crippen molar-refractivity contribution in [2.24, 2.45) is 5.92 Å². The van der Waals surface area contributed by atoms with Crippen molar-refractivity contribution in [1.82, 2.24) is 15.3 Å². The highest BCUT2D eigenvalue weighted by atomic mass is 16.5. The van der Waals surface area contributed by atoms with Crippen LogP contribution in [0.25, 0.3) is 0 Å². The summed E-state index contributed by atoms with van der Waals surface area (Å²) in [4.78, 5) is 8.24. The fourth-order valence-electron chi connectivity index (χ4n) is 2.18. The molecule has 4 nitrogen and oxygen atoms in total. The lowest BCUT2D eigenvalue weighted by Crippen LogP contribution is -2.32. The van der Waals surface area contributed by atoms with Gasteiger partial charge in [-0.15, -0.1) is 0 Å². The average molecular weight is 221 g/mol. The fourth-order valence-corrected chi connectivity index (χ4v) is 2.18. The molecule has 1 aliphatic heterocycles. The van der Waals surface area contributed by atoms with Crippen LogP contribution < -0.4 is 5.32 Å². The molecular weight excluding hydrogens is 202 g/mol. The highest BCUT2D eigenvalue weighted by molar-refractivity contribution is 5.05. The van der Waals surface area contributed by atoms with Crippen molar-refractivity contribution in [2.45, 2.75) is 25.9 Å². The predicted molar refractivity (Wildman–Crippen MR) is 62.0 cm³/mol. The first kappa shape index (κ1) is 11.5. The minimum Gasteiger partial charge on any atom is -0.372 e. The Balaban J connectivity index is 2.04. The Labute approximate surface area is 96.4 Å². The third-order valence-electron chi connectivity index (χ3n) is 3.00. The minimum absolute atomic E-state index is 0.135. The number of ether oxygens (including phenoxy) is 1. The molecule has 2 unspecified atom stereocenters. The molecule has 0 bridgehead atoms. The first-order valence-electron chi connectivity index (χ1n) is 6.00. The molecule has 1 aromatic heterocycles. The summed E-state index contributed by atoms with van der Waals surface area (Å²) in [5.74, 6) is 0.531. The number of aromatic nitrogens is 2. The first-order valence-corrected chi connectivity index (χ1v) is 6.00. The highest BCUT2D eigenvalue weighted by Gasteiger charge is 2.27. The van der Waals surface area contributed by atoms with Crippen molar-refractivity contribution >= 4 is 0 Å². The van der Waals surface area contributed by atoms with Crippen LogP contribution in [0.5, 0.6) is 0 Å². The van der Waals surface area contributed by atoms with Crippen LogP contribution in [0, 0.1) is 5.92 Å². The molecule has 4 heteroatoms. The van der Waals surface area contributed by atoms with E-state index >= 15 is 0 Å². The molecule has 0 aliphatic carbocycles. The van der Waals surface area contributed by atoms with Gasteiger partial charge in [-0.3, -0.25) is 0 Å². The van der Waals surface area contributed by atoms with E-state index in [0.29, 0.717) is 5.92 Å². The first-order chi connectivity index (χ1) is 7.92. The van der Waals surface area contributed by atoms with Crippen LogP contribution in [0.4, 0.5) is 0 Å². The molecule has 0 aromatic carbocycles. The van der Waals surface area contributed by atoms with Crippen LogP contribution in [-0.2, 0) is 4.74 Å². The van der Waals surface area contributed by atoms with Gasteiger partial charge < -0.3 is 10.1 Å². The Morgan fingerprint density at radius 2 is 2.50 bits per heavy atom. The van der Waals surface area contributed by atoms with Crippen molar-refractivity contribution in [3.8, 4) is 0 Å². The second-order valence-corrected chi connectivity index (χ2v) is 4.14. The van der Waals surface area contributed by atoms with E-state index in [1.54, 1.807) is 12.5 Å². The van der Waals surface area contributed by atoms with Crippen molar-refractivity contribution in [1.29, 1.82) is 0 Å². The molecule has 2 atom stereocenters. The Morgan fingerprint density at radius 3 is 3.25 bits per heavy atom. The zero-order valence-corrected chi connectivity index (χ0v) is 9.72. The number of nitrogens with zero attached hydrogens (tertiary/aromatic N) is 2. The summed E-state index contributed by atoms with van der Waals surface area (Å²) in [6, 6.07) is 1.95. The van der Waals surface area contributed by atoms with Gasteiger partial charge in [-0.1, -0.05) is 6.92 Å². The molecule has 1 N–H and O–H groups in total. The monoisotopic (exact) mass is 221 g/mol. The summed E-state index contributed by atoms with van der Waals surface area (Å²) in [6.07, 6.45) is 5.87. The van der Waals surface area contributed by atoms with Crippen LogP contribution in [0.3, 0.4) is 0 Å². The van der Waals surface area contributed by atoms with Crippen LogP contribution in [-0.4, -0.2) is 29.7 Å². The summed E-state index contributed by atoms with van der Waals surface area (Å²) >= 11 is 0. The smallest absolute Gasteiger partial charge is 0.115 e. The van der Waals surface area contributed by atoms with E-state index in [1.807, 2.05) is 6.07 Å². The average Bonchev–Trinajstić information content (AvgIpc) is 2.38. The van der Waals surface area contributed by atoms with Gasteiger partial charge in [-0.25, -0.2) is 9.97 Å². The number of nitrogens with one attached hydrogen (secondary N) is 1. The SMILES string of the molecule is CCNCC1CCCOC1c1ccncn1. The van der Waals surface area contributed by atoms with Gasteiger partial charge in [0.25, 0.3) is 0 Å². The van der Waals surface area contributed by atoms with Crippen LogP contribution in [0.2, 0.25) is 0 Å². The molecule has 2 heterocycles. The van der Waals surface area contributed by atoms with E-state index in [2.05, 4.69) is 22.2 Å². The summed E-state index contributed by atoms with van der Waals surface area (Å²) < 4.78 is 5.84. The minimum atomic E-state index is 0.135. The van der Waals surface area contributed by atoms with Crippen molar-refractivity contribution in [2.75, 3.05) is 19.7 Å². The molecule has 0 saturated carbocycles. The second kappa shape index (κ2) is 5.92. The molecule has 1 fully saturated rings. The van der Waals surface area contributed by atoms with Gasteiger partial charge in [-0.05, 0) is 25.5 Å². The molecule has 2 rings (SSSR count). The normalized spacial score (nSPS) is 25.6. The molecule has 1 saturated heterocycles. The van der Waals surface area contributed by atoms with E-state index in [-0.39, 0.29) is 6.10 Å². The van der Waals surface area contributed by atoms with Crippen molar-refractivity contribution < 1.29 is 4.74 Å². The van der Waals surface area contributed by atoms with Crippen LogP contribution in [0.1, 0.15) is 31.6 Å². The van der Waals surface area contributed by atoms with E-state index in [9.17, 15) is 0 Å². The van der Waals surface area contributed by atoms with Gasteiger partial charge in [0.05, 0.1) is 5.69 Å². The van der Waals surface area contributed by atoms with Gasteiger partial charge in [0.2, 0.25) is 0 Å². The zero-order chi connectivity index (χ0) is 11.2. The van der Waals surface area contributed by atoms with E-state index < -0.39 is 0 Å². The highest BCUT2D eigenvalue weighted by Crippen LogP contribution is 2.31. The Kier molecular flexibility index (Phi) is 4.25. The molecule has 0 radical (unpaired) electrons. The van der Waals surface area contributed by atoms with Gasteiger partial charge >= 0.3 is 0 Å².